The normalized spacial score (nSPS) is 10.9. The zero-order valence-corrected chi connectivity index (χ0v) is 19.4. The predicted octanol–water partition coefficient (Wildman–Crippen LogP) is 5.87. The number of thiazole rings is 1. The highest BCUT2D eigenvalue weighted by molar-refractivity contribution is 7.14. The third-order valence-electron chi connectivity index (χ3n) is 5.37. The van der Waals surface area contributed by atoms with Crippen molar-refractivity contribution in [2.24, 2.45) is 0 Å². The second-order valence-electron chi connectivity index (χ2n) is 7.88. The highest BCUT2D eigenvalue weighted by Gasteiger charge is 2.12. The number of aromatic amines is 1. The van der Waals surface area contributed by atoms with Gasteiger partial charge in [-0.05, 0) is 41.8 Å². The van der Waals surface area contributed by atoms with Crippen LogP contribution in [-0.2, 0) is 4.79 Å². The number of imidazole rings is 1. The highest BCUT2D eigenvalue weighted by Crippen LogP contribution is 2.27. The van der Waals surface area contributed by atoms with Gasteiger partial charge >= 0.3 is 0 Å². The van der Waals surface area contributed by atoms with E-state index in [0.717, 1.165) is 39.1 Å². The number of nitrogens with zero attached hydrogens (tertiary/aromatic N) is 2. The van der Waals surface area contributed by atoms with Crippen LogP contribution >= 0.6 is 11.3 Å². The molecule has 0 atom stereocenters. The average molecular weight is 468 g/mol. The molecule has 3 aromatic carbocycles. The molecule has 0 bridgehead atoms. The Bertz CT molecular complexity index is 1500. The van der Waals surface area contributed by atoms with E-state index < -0.39 is 0 Å². The van der Waals surface area contributed by atoms with Crippen LogP contribution in [0.1, 0.15) is 23.0 Å². The second kappa shape index (κ2) is 8.92. The summed E-state index contributed by atoms with van der Waals surface area (Å²) in [4.78, 5) is 35.8. The summed E-state index contributed by atoms with van der Waals surface area (Å²) >= 11 is 1.21. The molecule has 2 heterocycles. The molecule has 0 aliphatic carbocycles. The lowest BCUT2D eigenvalue weighted by atomic mass is 10.0. The van der Waals surface area contributed by atoms with Gasteiger partial charge in [0, 0.05) is 23.6 Å². The average Bonchev–Trinajstić information content (AvgIpc) is 3.47. The van der Waals surface area contributed by atoms with Gasteiger partial charge in [-0.3, -0.25) is 9.59 Å². The van der Waals surface area contributed by atoms with Crippen molar-refractivity contribution in [3.8, 4) is 22.5 Å². The van der Waals surface area contributed by atoms with Gasteiger partial charge in [-0.15, -0.1) is 11.3 Å². The van der Waals surface area contributed by atoms with Crippen LogP contribution in [0, 0.1) is 6.92 Å². The maximum atomic E-state index is 12.4. The molecule has 0 aliphatic heterocycles. The Labute approximate surface area is 199 Å². The fourth-order valence-electron chi connectivity index (χ4n) is 3.66. The van der Waals surface area contributed by atoms with Gasteiger partial charge in [0.15, 0.2) is 5.13 Å². The van der Waals surface area contributed by atoms with Crippen molar-refractivity contribution < 1.29 is 9.59 Å². The van der Waals surface area contributed by atoms with Gasteiger partial charge in [-0.25, -0.2) is 9.97 Å². The van der Waals surface area contributed by atoms with Gasteiger partial charge in [-0.1, -0.05) is 48.5 Å². The Hall–Kier alpha value is -4.30. The number of benzene rings is 3. The van der Waals surface area contributed by atoms with Crippen LogP contribution in [0.2, 0.25) is 0 Å². The molecule has 34 heavy (non-hydrogen) atoms. The Balaban J connectivity index is 1.28. The number of fused-ring (bicyclic) bond motifs is 1. The highest BCUT2D eigenvalue weighted by atomic mass is 32.1. The summed E-state index contributed by atoms with van der Waals surface area (Å²) in [6.45, 7) is 3.46. The number of carbonyl (C=O) groups excluding carboxylic acids is 2. The monoisotopic (exact) mass is 467 g/mol. The maximum absolute atomic E-state index is 12.4. The number of hydrogen-bond donors (Lipinski definition) is 3. The Kier molecular flexibility index (Phi) is 5.65. The smallest absolute Gasteiger partial charge is 0.275 e. The molecule has 0 saturated heterocycles. The number of aryl methyl sites for hydroxylation is 1. The van der Waals surface area contributed by atoms with Crippen LogP contribution in [0.25, 0.3) is 33.5 Å². The van der Waals surface area contributed by atoms with Gasteiger partial charge in [0.1, 0.15) is 11.5 Å². The van der Waals surface area contributed by atoms with Crippen molar-refractivity contribution in [2.45, 2.75) is 13.8 Å². The first-order chi connectivity index (χ1) is 16.5. The van der Waals surface area contributed by atoms with Gasteiger partial charge in [-0.2, -0.15) is 0 Å². The van der Waals surface area contributed by atoms with Crippen LogP contribution < -0.4 is 10.6 Å². The van der Waals surface area contributed by atoms with E-state index >= 15 is 0 Å². The van der Waals surface area contributed by atoms with Gasteiger partial charge < -0.3 is 15.6 Å². The van der Waals surface area contributed by atoms with Crippen LogP contribution in [0.3, 0.4) is 0 Å². The molecule has 3 N–H and O–H groups in total. The molecule has 5 rings (SSSR count). The number of H-pyrrole nitrogens is 1. The molecule has 5 aromatic rings. The number of hydrogen-bond acceptors (Lipinski definition) is 5. The molecular formula is C26H21N5O2S. The zero-order valence-electron chi connectivity index (χ0n) is 18.5. The van der Waals surface area contributed by atoms with E-state index in [1.807, 2.05) is 48.5 Å². The van der Waals surface area contributed by atoms with Crippen molar-refractivity contribution in [3.05, 3.63) is 83.4 Å². The minimum absolute atomic E-state index is 0.224. The summed E-state index contributed by atoms with van der Waals surface area (Å²) < 4.78 is 0. The quantitative estimate of drug-likeness (QED) is 0.301. The second-order valence-corrected chi connectivity index (χ2v) is 8.74. The number of amides is 2. The van der Waals surface area contributed by atoms with Crippen LogP contribution in [0.5, 0.6) is 0 Å². The molecular weight excluding hydrogens is 446 g/mol. The fraction of sp³-hybridized carbons (Fsp3) is 0.0769. The number of nitrogens with one attached hydrogen (secondary N) is 3. The van der Waals surface area contributed by atoms with Gasteiger partial charge in [0.2, 0.25) is 5.91 Å². The van der Waals surface area contributed by atoms with E-state index in [4.69, 9.17) is 4.98 Å². The summed E-state index contributed by atoms with van der Waals surface area (Å²) in [6, 6.07) is 21.9. The molecule has 2 aromatic heterocycles. The van der Waals surface area contributed by atoms with Crippen LogP contribution in [0.4, 0.5) is 10.8 Å². The Morgan fingerprint density at radius 2 is 1.53 bits per heavy atom. The lowest BCUT2D eigenvalue weighted by molar-refractivity contribution is -0.114. The fourth-order valence-corrected chi connectivity index (χ4v) is 4.40. The van der Waals surface area contributed by atoms with E-state index in [9.17, 15) is 9.59 Å². The largest absolute Gasteiger partial charge is 0.338 e. The first-order valence-corrected chi connectivity index (χ1v) is 11.5. The first-order valence-electron chi connectivity index (χ1n) is 10.7. The number of carbonyl (C=O) groups is 2. The standard InChI is InChI=1S/C26H21N5O2S/c1-15-4-3-5-21-23(15)31-24(29-21)19-8-6-17(7-9-19)18-10-12-20(13-11-18)28-25(33)22-14-34-26(30-22)27-16(2)32/h3-14H,1-2H3,(H,28,33)(H,29,31)(H,27,30,32). The Morgan fingerprint density at radius 1 is 0.853 bits per heavy atom. The summed E-state index contributed by atoms with van der Waals surface area (Å²) in [5.41, 5.74) is 7.20. The molecule has 0 aliphatic rings. The van der Waals surface area contributed by atoms with Crippen molar-refractivity contribution in [1.82, 2.24) is 15.0 Å². The topological polar surface area (TPSA) is 99.8 Å². The SMILES string of the molecule is CC(=O)Nc1nc(C(=O)Nc2ccc(-c3ccc(-c4nc5c(C)cccc5[nH]4)cc3)cc2)cs1. The first kappa shape index (κ1) is 21.5. The van der Waals surface area contributed by atoms with Crippen molar-refractivity contribution in [1.29, 1.82) is 0 Å². The summed E-state index contributed by atoms with van der Waals surface area (Å²) in [6.07, 6.45) is 0. The third kappa shape index (κ3) is 4.44. The van der Waals surface area contributed by atoms with Crippen LogP contribution in [-0.4, -0.2) is 26.8 Å². The van der Waals surface area contributed by atoms with E-state index in [1.165, 1.54) is 18.3 Å². The molecule has 0 fully saturated rings. The summed E-state index contributed by atoms with van der Waals surface area (Å²) in [5.74, 6) is 0.293. The number of para-hydroxylation sites is 1. The molecule has 0 saturated carbocycles. The maximum Gasteiger partial charge on any atom is 0.275 e. The molecule has 168 valence electrons. The van der Waals surface area contributed by atoms with E-state index in [0.29, 0.717) is 10.8 Å². The van der Waals surface area contributed by atoms with E-state index in [1.54, 1.807) is 5.38 Å². The summed E-state index contributed by atoms with van der Waals surface area (Å²) in [7, 11) is 0. The zero-order chi connectivity index (χ0) is 23.7. The van der Waals surface area contributed by atoms with E-state index in [-0.39, 0.29) is 17.5 Å². The van der Waals surface area contributed by atoms with E-state index in [2.05, 4.69) is 45.7 Å². The molecule has 0 radical (unpaired) electrons. The Morgan fingerprint density at radius 3 is 2.21 bits per heavy atom. The number of anilines is 2. The molecule has 8 heteroatoms. The van der Waals surface area contributed by atoms with Gasteiger partial charge in [0.25, 0.3) is 5.91 Å². The van der Waals surface area contributed by atoms with Crippen molar-refractivity contribution in [3.63, 3.8) is 0 Å². The minimum Gasteiger partial charge on any atom is -0.338 e. The lowest BCUT2D eigenvalue weighted by Gasteiger charge is -2.06. The van der Waals surface area contributed by atoms with Crippen molar-refractivity contribution >= 4 is 45.0 Å². The minimum atomic E-state index is -0.328. The van der Waals surface area contributed by atoms with Crippen molar-refractivity contribution in [2.75, 3.05) is 10.6 Å². The molecule has 0 unspecified atom stereocenters. The number of rotatable bonds is 5. The third-order valence-corrected chi connectivity index (χ3v) is 6.13. The van der Waals surface area contributed by atoms with Gasteiger partial charge in [0.05, 0.1) is 11.0 Å². The summed E-state index contributed by atoms with van der Waals surface area (Å²) in [5, 5.41) is 7.42. The number of aromatic nitrogens is 3. The molecule has 2 amide bonds. The van der Waals surface area contributed by atoms with Crippen LogP contribution in [0.15, 0.2) is 72.1 Å². The lowest BCUT2D eigenvalue weighted by Crippen LogP contribution is -2.13. The molecule has 7 nitrogen and oxygen atoms in total. The predicted molar refractivity (Wildman–Crippen MR) is 136 cm³/mol. The molecule has 0 spiro atoms.